The van der Waals surface area contributed by atoms with E-state index in [2.05, 4.69) is 30.8 Å². The van der Waals surface area contributed by atoms with Crippen LogP contribution in [0.15, 0.2) is 12.7 Å². The predicted molar refractivity (Wildman–Crippen MR) is 68.7 cm³/mol. The highest BCUT2D eigenvalue weighted by Crippen LogP contribution is 2.28. The van der Waals surface area contributed by atoms with Gasteiger partial charge in [0.05, 0.1) is 6.61 Å². The van der Waals surface area contributed by atoms with Gasteiger partial charge in [-0.15, -0.1) is 6.58 Å². The van der Waals surface area contributed by atoms with Crippen molar-refractivity contribution < 1.29 is 4.74 Å². The summed E-state index contributed by atoms with van der Waals surface area (Å²) in [5.74, 6) is 0.872. The molecule has 0 radical (unpaired) electrons. The van der Waals surface area contributed by atoms with Crippen LogP contribution in [0.1, 0.15) is 19.8 Å². The second-order valence-corrected chi connectivity index (χ2v) is 4.79. The Kier molecular flexibility index (Phi) is 6.69. The Balaban J connectivity index is 1.93. The topological polar surface area (TPSA) is 24.5 Å². The van der Waals surface area contributed by atoms with E-state index in [-0.39, 0.29) is 0 Å². The van der Waals surface area contributed by atoms with Gasteiger partial charge >= 0.3 is 0 Å². The zero-order valence-electron chi connectivity index (χ0n) is 10.7. The molecular formula is C13H26N2O. The molecule has 1 saturated carbocycles. The second kappa shape index (κ2) is 7.82. The smallest absolute Gasteiger partial charge is 0.0593 e. The fourth-order valence-electron chi connectivity index (χ4n) is 1.51. The lowest BCUT2D eigenvalue weighted by atomic mass is 10.3. The van der Waals surface area contributed by atoms with E-state index in [1.54, 1.807) is 0 Å². The highest BCUT2D eigenvalue weighted by Gasteiger charge is 2.21. The third-order valence-electron chi connectivity index (χ3n) is 3.12. The van der Waals surface area contributed by atoms with E-state index in [9.17, 15) is 0 Å². The summed E-state index contributed by atoms with van der Waals surface area (Å²) in [4.78, 5) is 2.34. The van der Waals surface area contributed by atoms with Crippen molar-refractivity contribution in [2.45, 2.75) is 25.8 Å². The molecular weight excluding hydrogens is 200 g/mol. The zero-order chi connectivity index (χ0) is 11.8. The molecule has 1 fully saturated rings. The number of hydrogen-bond donors (Lipinski definition) is 1. The van der Waals surface area contributed by atoms with Gasteiger partial charge in [0, 0.05) is 32.3 Å². The summed E-state index contributed by atoms with van der Waals surface area (Å²) in [6.45, 7) is 10.7. The van der Waals surface area contributed by atoms with Gasteiger partial charge in [0.1, 0.15) is 0 Å². The Hall–Kier alpha value is -0.380. The normalized spacial score (nSPS) is 17.7. The van der Waals surface area contributed by atoms with Crippen LogP contribution >= 0.6 is 0 Å². The van der Waals surface area contributed by atoms with Crippen molar-refractivity contribution in [1.29, 1.82) is 0 Å². The Morgan fingerprint density at radius 3 is 2.94 bits per heavy atom. The molecule has 0 aliphatic heterocycles. The molecule has 0 amide bonds. The monoisotopic (exact) mass is 226 g/mol. The van der Waals surface area contributed by atoms with Crippen LogP contribution in [0.25, 0.3) is 0 Å². The Morgan fingerprint density at radius 2 is 2.31 bits per heavy atom. The molecule has 0 aromatic rings. The minimum atomic E-state index is 0.546. The second-order valence-electron chi connectivity index (χ2n) is 4.79. The van der Waals surface area contributed by atoms with Crippen LogP contribution in [0.5, 0.6) is 0 Å². The highest BCUT2D eigenvalue weighted by atomic mass is 16.5. The van der Waals surface area contributed by atoms with Crippen LogP contribution in [-0.4, -0.2) is 50.8 Å². The maximum atomic E-state index is 5.63. The minimum Gasteiger partial charge on any atom is -0.380 e. The first-order valence-electron chi connectivity index (χ1n) is 6.33. The Labute approximate surface area is 99.8 Å². The van der Waals surface area contributed by atoms with Crippen LogP contribution in [-0.2, 0) is 4.74 Å². The summed E-state index contributed by atoms with van der Waals surface area (Å²) < 4.78 is 5.63. The number of nitrogens with zero attached hydrogens (tertiary/aromatic N) is 1. The first-order chi connectivity index (χ1) is 7.74. The summed E-state index contributed by atoms with van der Waals surface area (Å²) in [5.41, 5.74) is 0. The standard InChI is InChI=1S/C13H26N2O/c1-4-7-14-10-12(2)15(3)8-9-16-11-13-5-6-13/h4,12-14H,1,5-11H2,2-3H3. The van der Waals surface area contributed by atoms with E-state index in [4.69, 9.17) is 4.74 Å². The van der Waals surface area contributed by atoms with E-state index in [0.29, 0.717) is 6.04 Å². The maximum Gasteiger partial charge on any atom is 0.0593 e. The van der Waals surface area contributed by atoms with Gasteiger partial charge in [-0.25, -0.2) is 0 Å². The molecule has 16 heavy (non-hydrogen) atoms. The molecule has 0 spiro atoms. The Morgan fingerprint density at radius 1 is 1.56 bits per heavy atom. The van der Waals surface area contributed by atoms with Crippen molar-refractivity contribution in [3.63, 3.8) is 0 Å². The van der Waals surface area contributed by atoms with Crippen LogP contribution in [0.4, 0.5) is 0 Å². The van der Waals surface area contributed by atoms with Gasteiger partial charge in [0.15, 0.2) is 0 Å². The third kappa shape index (κ3) is 6.26. The molecule has 0 aromatic carbocycles. The summed E-state index contributed by atoms with van der Waals surface area (Å²) in [6.07, 6.45) is 4.64. The molecule has 3 nitrogen and oxygen atoms in total. The molecule has 3 heteroatoms. The van der Waals surface area contributed by atoms with Gasteiger partial charge in [-0.1, -0.05) is 6.08 Å². The van der Waals surface area contributed by atoms with Crippen molar-refractivity contribution in [3.05, 3.63) is 12.7 Å². The fourth-order valence-corrected chi connectivity index (χ4v) is 1.51. The molecule has 0 saturated heterocycles. The Bertz CT molecular complexity index is 192. The predicted octanol–water partition coefficient (Wildman–Crippen LogP) is 1.51. The van der Waals surface area contributed by atoms with E-state index < -0.39 is 0 Å². The molecule has 0 aromatic heterocycles. The molecule has 1 N–H and O–H groups in total. The number of rotatable bonds is 10. The summed E-state index contributed by atoms with van der Waals surface area (Å²) in [5, 5.41) is 3.33. The maximum absolute atomic E-state index is 5.63. The molecule has 1 rings (SSSR count). The molecule has 1 unspecified atom stereocenters. The van der Waals surface area contributed by atoms with Gasteiger partial charge in [-0.05, 0) is 32.7 Å². The number of nitrogens with one attached hydrogen (secondary N) is 1. The minimum absolute atomic E-state index is 0.546. The van der Waals surface area contributed by atoms with E-state index >= 15 is 0 Å². The van der Waals surface area contributed by atoms with Gasteiger partial charge in [0.2, 0.25) is 0 Å². The van der Waals surface area contributed by atoms with Crippen LogP contribution in [0, 0.1) is 5.92 Å². The van der Waals surface area contributed by atoms with E-state index in [0.717, 1.165) is 38.8 Å². The summed E-state index contributed by atoms with van der Waals surface area (Å²) >= 11 is 0. The lowest BCUT2D eigenvalue weighted by Gasteiger charge is -2.24. The van der Waals surface area contributed by atoms with Crippen molar-refractivity contribution in [2.24, 2.45) is 5.92 Å². The summed E-state index contributed by atoms with van der Waals surface area (Å²) in [7, 11) is 2.15. The van der Waals surface area contributed by atoms with Crippen LogP contribution < -0.4 is 5.32 Å². The molecule has 1 aliphatic rings. The zero-order valence-corrected chi connectivity index (χ0v) is 10.7. The van der Waals surface area contributed by atoms with Crippen molar-refractivity contribution in [2.75, 3.05) is 39.9 Å². The lowest BCUT2D eigenvalue weighted by Crippen LogP contribution is -2.39. The molecule has 1 aliphatic carbocycles. The number of hydrogen-bond acceptors (Lipinski definition) is 3. The van der Waals surface area contributed by atoms with Gasteiger partial charge < -0.3 is 15.0 Å². The van der Waals surface area contributed by atoms with Crippen molar-refractivity contribution in [1.82, 2.24) is 10.2 Å². The van der Waals surface area contributed by atoms with Crippen LogP contribution in [0.3, 0.4) is 0 Å². The highest BCUT2D eigenvalue weighted by molar-refractivity contribution is 4.74. The number of likely N-dealkylation sites (N-methyl/N-ethyl adjacent to an activating group) is 1. The average Bonchev–Trinajstić information content (AvgIpc) is 3.08. The summed E-state index contributed by atoms with van der Waals surface area (Å²) in [6, 6.07) is 0.546. The molecule has 94 valence electrons. The van der Waals surface area contributed by atoms with Gasteiger partial charge in [-0.3, -0.25) is 0 Å². The molecule has 0 bridgehead atoms. The largest absolute Gasteiger partial charge is 0.380 e. The molecule has 1 atom stereocenters. The first kappa shape index (κ1) is 13.7. The van der Waals surface area contributed by atoms with Crippen molar-refractivity contribution >= 4 is 0 Å². The number of ether oxygens (including phenoxy) is 1. The van der Waals surface area contributed by atoms with Gasteiger partial charge in [-0.2, -0.15) is 0 Å². The SMILES string of the molecule is C=CCNCC(C)N(C)CCOCC1CC1. The average molecular weight is 226 g/mol. The fraction of sp³-hybridized carbons (Fsp3) is 0.846. The lowest BCUT2D eigenvalue weighted by molar-refractivity contribution is 0.0936. The van der Waals surface area contributed by atoms with Crippen LogP contribution in [0.2, 0.25) is 0 Å². The van der Waals surface area contributed by atoms with Gasteiger partial charge in [0.25, 0.3) is 0 Å². The first-order valence-corrected chi connectivity index (χ1v) is 6.33. The third-order valence-corrected chi connectivity index (χ3v) is 3.12. The van der Waals surface area contributed by atoms with E-state index in [1.807, 2.05) is 6.08 Å². The quantitative estimate of drug-likeness (QED) is 0.451. The molecule has 0 heterocycles. The van der Waals surface area contributed by atoms with Crippen molar-refractivity contribution in [3.8, 4) is 0 Å². The van der Waals surface area contributed by atoms with E-state index in [1.165, 1.54) is 12.8 Å².